The lowest BCUT2D eigenvalue weighted by atomic mass is 9.88. The van der Waals surface area contributed by atoms with E-state index >= 15 is 0 Å². The lowest BCUT2D eigenvalue weighted by Gasteiger charge is -2.36. The molecule has 23 heavy (non-hydrogen) atoms. The first-order valence-corrected chi connectivity index (χ1v) is 7.79. The maximum atomic E-state index is 13.0. The number of hydrogen-bond donors (Lipinski definition) is 2. The van der Waals surface area contributed by atoms with E-state index in [1.165, 1.54) is 12.1 Å². The van der Waals surface area contributed by atoms with Gasteiger partial charge in [0.25, 0.3) is 0 Å². The Morgan fingerprint density at radius 2 is 2.17 bits per heavy atom. The van der Waals surface area contributed by atoms with Gasteiger partial charge in [0.1, 0.15) is 5.82 Å². The second-order valence-electron chi connectivity index (χ2n) is 6.04. The number of amides is 1. The number of rotatable bonds is 4. The monoisotopic (exact) mass is 317 g/mol. The molecule has 2 aromatic rings. The van der Waals surface area contributed by atoms with Crippen LogP contribution in [0, 0.1) is 11.7 Å². The van der Waals surface area contributed by atoms with Crippen LogP contribution >= 0.6 is 0 Å². The van der Waals surface area contributed by atoms with Gasteiger partial charge in [-0.1, -0.05) is 12.1 Å². The van der Waals surface area contributed by atoms with Crippen molar-refractivity contribution < 1.29 is 14.3 Å². The third kappa shape index (κ3) is 3.96. The number of nitrogens with one attached hydrogen (secondary N) is 1. The molecule has 2 heterocycles. The maximum absolute atomic E-state index is 13.0. The molecule has 2 N–H and O–H groups in total. The first-order valence-electron chi connectivity index (χ1n) is 7.79. The van der Waals surface area contributed by atoms with Gasteiger partial charge < -0.3 is 15.0 Å². The number of imidazole rings is 1. The summed E-state index contributed by atoms with van der Waals surface area (Å²) in [6.07, 6.45) is 4.26. The van der Waals surface area contributed by atoms with Crippen molar-refractivity contribution in [3.63, 3.8) is 0 Å². The summed E-state index contributed by atoms with van der Waals surface area (Å²) < 4.78 is 13.0. The molecule has 1 saturated heterocycles. The van der Waals surface area contributed by atoms with Crippen molar-refractivity contribution in [2.75, 3.05) is 13.1 Å². The van der Waals surface area contributed by atoms with Gasteiger partial charge in [-0.3, -0.25) is 4.79 Å². The number of aliphatic hydroxyl groups excluding tert-OH is 1. The molecule has 0 unspecified atom stereocenters. The molecular formula is C17H20FN3O2. The molecule has 3 rings (SSSR count). The van der Waals surface area contributed by atoms with Crippen LogP contribution in [-0.4, -0.2) is 45.1 Å². The highest BCUT2D eigenvalue weighted by molar-refractivity contribution is 5.78. The lowest BCUT2D eigenvalue weighted by molar-refractivity contribution is -0.134. The minimum atomic E-state index is -0.434. The highest BCUT2D eigenvalue weighted by Gasteiger charge is 2.30. The van der Waals surface area contributed by atoms with Crippen LogP contribution in [0.4, 0.5) is 4.39 Å². The van der Waals surface area contributed by atoms with Gasteiger partial charge in [-0.15, -0.1) is 0 Å². The molecule has 1 aromatic carbocycles. The molecule has 1 aliphatic heterocycles. The largest absolute Gasteiger partial charge is 0.393 e. The van der Waals surface area contributed by atoms with Crippen molar-refractivity contribution in [3.8, 4) is 0 Å². The molecule has 1 fully saturated rings. The van der Waals surface area contributed by atoms with Crippen LogP contribution in [0.15, 0.2) is 36.8 Å². The van der Waals surface area contributed by atoms with Crippen molar-refractivity contribution in [1.29, 1.82) is 0 Å². The van der Waals surface area contributed by atoms with Crippen LogP contribution < -0.4 is 0 Å². The fraction of sp³-hybridized carbons (Fsp3) is 0.412. The molecule has 1 aromatic heterocycles. The molecule has 0 bridgehead atoms. The van der Waals surface area contributed by atoms with E-state index < -0.39 is 6.10 Å². The van der Waals surface area contributed by atoms with E-state index in [2.05, 4.69) is 9.97 Å². The predicted molar refractivity (Wildman–Crippen MR) is 83.1 cm³/mol. The Morgan fingerprint density at radius 3 is 2.87 bits per heavy atom. The maximum Gasteiger partial charge on any atom is 0.228 e. The predicted octanol–water partition coefficient (Wildman–Crippen LogP) is 1.54. The molecule has 0 saturated carbocycles. The summed E-state index contributed by atoms with van der Waals surface area (Å²) in [5.74, 6) is -0.264. The van der Waals surface area contributed by atoms with E-state index in [-0.39, 0.29) is 17.6 Å². The number of piperidine rings is 1. The smallest absolute Gasteiger partial charge is 0.228 e. The minimum absolute atomic E-state index is 0.0278. The number of aromatic nitrogens is 2. The fourth-order valence-electron chi connectivity index (χ4n) is 3.03. The number of aliphatic hydroxyl groups is 1. The second kappa shape index (κ2) is 6.91. The second-order valence-corrected chi connectivity index (χ2v) is 6.04. The lowest BCUT2D eigenvalue weighted by Crippen LogP contribution is -2.47. The molecule has 0 spiro atoms. The van der Waals surface area contributed by atoms with E-state index in [1.807, 2.05) is 0 Å². The Balaban J connectivity index is 1.62. The van der Waals surface area contributed by atoms with Crippen molar-refractivity contribution in [1.82, 2.24) is 14.9 Å². The van der Waals surface area contributed by atoms with Gasteiger partial charge in [0.05, 0.1) is 18.9 Å². The van der Waals surface area contributed by atoms with Crippen LogP contribution in [0.5, 0.6) is 0 Å². The number of aromatic amines is 1. The average Bonchev–Trinajstić information content (AvgIpc) is 3.04. The number of H-pyrrole nitrogens is 1. The molecular weight excluding hydrogens is 297 g/mol. The zero-order valence-corrected chi connectivity index (χ0v) is 12.8. The van der Waals surface area contributed by atoms with Crippen LogP contribution in [-0.2, 0) is 17.6 Å². The van der Waals surface area contributed by atoms with E-state index in [0.717, 1.165) is 11.3 Å². The van der Waals surface area contributed by atoms with Gasteiger partial charge in [-0.25, -0.2) is 9.37 Å². The standard InChI is InChI=1S/C17H20FN3O2/c18-14-3-1-12(2-4-14)7-13-10-21(6-5-16(13)22)17(23)8-15-9-19-11-20-15/h1-4,9,11,13,16,22H,5-8,10H2,(H,19,20)/t13-,16-/m1/s1. The van der Waals surface area contributed by atoms with Crippen molar-refractivity contribution in [3.05, 3.63) is 53.9 Å². The summed E-state index contributed by atoms with van der Waals surface area (Å²) in [6, 6.07) is 6.30. The SMILES string of the molecule is O=C(Cc1cnc[nH]1)N1CC[C@@H](O)[C@H](Cc2ccc(F)cc2)C1. The number of likely N-dealkylation sites (tertiary alicyclic amines) is 1. The Morgan fingerprint density at radius 1 is 1.39 bits per heavy atom. The zero-order chi connectivity index (χ0) is 16.2. The summed E-state index contributed by atoms with van der Waals surface area (Å²) in [4.78, 5) is 21.0. The molecule has 122 valence electrons. The molecule has 0 radical (unpaired) electrons. The summed E-state index contributed by atoms with van der Waals surface area (Å²) in [5, 5.41) is 10.2. The zero-order valence-electron chi connectivity index (χ0n) is 12.8. The number of halogens is 1. The van der Waals surface area contributed by atoms with Gasteiger partial charge in [-0.2, -0.15) is 0 Å². The summed E-state index contributed by atoms with van der Waals surface area (Å²) in [5.41, 5.74) is 1.76. The average molecular weight is 317 g/mol. The topological polar surface area (TPSA) is 69.2 Å². The van der Waals surface area contributed by atoms with Gasteiger partial charge in [0.2, 0.25) is 5.91 Å². The number of carbonyl (C=O) groups excluding carboxylic acids is 1. The summed E-state index contributed by atoms with van der Waals surface area (Å²) in [7, 11) is 0. The quantitative estimate of drug-likeness (QED) is 0.899. The molecule has 5 nitrogen and oxygen atoms in total. The van der Waals surface area contributed by atoms with E-state index in [0.29, 0.717) is 32.4 Å². The summed E-state index contributed by atoms with van der Waals surface area (Å²) >= 11 is 0. The molecule has 1 aliphatic rings. The van der Waals surface area contributed by atoms with E-state index in [9.17, 15) is 14.3 Å². The normalized spacial score (nSPS) is 21.4. The van der Waals surface area contributed by atoms with Crippen molar-refractivity contribution >= 4 is 5.91 Å². The molecule has 0 aliphatic carbocycles. The Kier molecular flexibility index (Phi) is 4.71. The third-order valence-electron chi connectivity index (χ3n) is 4.35. The van der Waals surface area contributed by atoms with Crippen LogP contribution in [0.1, 0.15) is 17.7 Å². The fourth-order valence-corrected chi connectivity index (χ4v) is 3.03. The van der Waals surface area contributed by atoms with Gasteiger partial charge in [0.15, 0.2) is 0 Å². The van der Waals surface area contributed by atoms with Gasteiger partial charge in [-0.05, 0) is 30.5 Å². The van der Waals surface area contributed by atoms with Gasteiger partial charge in [0, 0.05) is 30.9 Å². The first-order chi connectivity index (χ1) is 11.1. The highest BCUT2D eigenvalue weighted by Crippen LogP contribution is 2.22. The van der Waals surface area contributed by atoms with Crippen molar-refractivity contribution in [2.45, 2.75) is 25.4 Å². The van der Waals surface area contributed by atoms with E-state index in [1.54, 1.807) is 29.6 Å². The number of carbonyl (C=O) groups is 1. The highest BCUT2D eigenvalue weighted by atomic mass is 19.1. The Bertz CT molecular complexity index is 642. The van der Waals surface area contributed by atoms with Crippen LogP contribution in [0.3, 0.4) is 0 Å². The molecule has 1 amide bonds. The van der Waals surface area contributed by atoms with Gasteiger partial charge >= 0.3 is 0 Å². The minimum Gasteiger partial charge on any atom is -0.393 e. The van der Waals surface area contributed by atoms with Crippen LogP contribution in [0.25, 0.3) is 0 Å². The molecule has 6 heteroatoms. The third-order valence-corrected chi connectivity index (χ3v) is 4.35. The van der Waals surface area contributed by atoms with E-state index in [4.69, 9.17) is 0 Å². The number of nitrogens with zero attached hydrogens (tertiary/aromatic N) is 2. The van der Waals surface area contributed by atoms with Crippen LogP contribution in [0.2, 0.25) is 0 Å². The number of hydrogen-bond acceptors (Lipinski definition) is 3. The Labute approximate surface area is 134 Å². The summed E-state index contributed by atoms with van der Waals surface area (Å²) in [6.45, 7) is 1.08. The Hall–Kier alpha value is -2.21. The molecule has 2 atom stereocenters. The first kappa shape index (κ1) is 15.7. The number of benzene rings is 1. The van der Waals surface area contributed by atoms with Crippen molar-refractivity contribution in [2.24, 2.45) is 5.92 Å².